The largest absolute Gasteiger partial charge is 0.481 e. The van der Waals surface area contributed by atoms with Crippen LogP contribution in [-0.2, 0) is 4.79 Å². The zero-order valence-corrected chi connectivity index (χ0v) is 8.84. The summed E-state index contributed by atoms with van der Waals surface area (Å²) in [6.07, 6.45) is -0.265. The second-order valence-corrected chi connectivity index (χ2v) is 3.61. The number of carboxylic acids is 1. The van der Waals surface area contributed by atoms with Crippen LogP contribution in [0.4, 0.5) is 8.78 Å². The predicted octanol–water partition coefficient (Wildman–Crippen LogP) is 1.79. The number of halogens is 2. The number of hydrogen-bond donors (Lipinski definition) is 2. The van der Waals surface area contributed by atoms with Gasteiger partial charge >= 0.3 is 5.97 Å². The Labute approximate surface area is 91.9 Å². The fourth-order valence-corrected chi connectivity index (χ4v) is 1.53. The second kappa shape index (κ2) is 5.03. The number of aliphatic carboxylic acids is 1. The normalized spacial score (nSPS) is 12.5. The number of hydrogen-bond acceptors (Lipinski definition) is 2. The van der Waals surface area contributed by atoms with Gasteiger partial charge in [0.1, 0.15) is 11.6 Å². The van der Waals surface area contributed by atoms with Crippen LogP contribution in [0.5, 0.6) is 0 Å². The first-order valence-corrected chi connectivity index (χ1v) is 4.83. The average Bonchev–Trinajstić information content (AvgIpc) is 2.23. The fourth-order valence-electron chi connectivity index (χ4n) is 1.53. The van der Waals surface area contributed by atoms with Gasteiger partial charge in [0.15, 0.2) is 0 Å². The van der Waals surface area contributed by atoms with Gasteiger partial charge < -0.3 is 10.8 Å². The minimum atomic E-state index is -1.06. The molecule has 0 aliphatic heterocycles. The Morgan fingerprint density at radius 1 is 1.50 bits per heavy atom. The summed E-state index contributed by atoms with van der Waals surface area (Å²) in [4.78, 5) is 10.6. The molecular formula is C11H13F2NO2. The zero-order chi connectivity index (χ0) is 12.3. The number of carboxylic acid groups (broad SMARTS) is 1. The van der Waals surface area contributed by atoms with Gasteiger partial charge in [0.05, 0.1) is 6.42 Å². The molecular weight excluding hydrogens is 216 g/mol. The van der Waals surface area contributed by atoms with E-state index in [2.05, 4.69) is 0 Å². The molecule has 0 amide bonds. The lowest BCUT2D eigenvalue weighted by Gasteiger charge is -2.15. The number of rotatable bonds is 4. The Morgan fingerprint density at radius 3 is 2.62 bits per heavy atom. The minimum Gasteiger partial charge on any atom is -0.481 e. The summed E-state index contributed by atoms with van der Waals surface area (Å²) in [5, 5.41) is 8.64. The molecule has 0 spiro atoms. The van der Waals surface area contributed by atoms with Crippen LogP contribution in [0.2, 0.25) is 0 Å². The Balaban J connectivity index is 3.11. The van der Waals surface area contributed by atoms with E-state index in [9.17, 15) is 13.6 Å². The van der Waals surface area contributed by atoms with E-state index in [1.807, 2.05) is 0 Å². The monoisotopic (exact) mass is 229 g/mol. The molecule has 88 valence electrons. The van der Waals surface area contributed by atoms with Crippen molar-refractivity contribution < 1.29 is 18.7 Å². The molecule has 3 nitrogen and oxygen atoms in total. The second-order valence-electron chi connectivity index (χ2n) is 3.61. The molecule has 0 bridgehead atoms. The highest BCUT2D eigenvalue weighted by molar-refractivity contribution is 5.68. The van der Waals surface area contributed by atoms with Crippen LogP contribution in [0.3, 0.4) is 0 Å². The van der Waals surface area contributed by atoms with Gasteiger partial charge in [0.2, 0.25) is 0 Å². The first kappa shape index (κ1) is 12.6. The summed E-state index contributed by atoms with van der Waals surface area (Å²) in [7, 11) is 0. The highest BCUT2D eigenvalue weighted by Gasteiger charge is 2.20. The van der Waals surface area contributed by atoms with Crippen LogP contribution in [0, 0.1) is 18.6 Å². The van der Waals surface area contributed by atoms with E-state index in [1.54, 1.807) is 0 Å². The van der Waals surface area contributed by atoms with Crippen molar-refractivity contribution >= 4 is 5.97 Å². The molecule has 0 saturated heterocycles. The van der Waals surface area contributed by atoms with Crippen LogP contribution >= 0.6 is 0 Å². The minimum absolute atomic E-state index is 0.00823. The number of nitrogens with two attached hydrogens (primary N) is 1. The lowest BCUT2D eigenvalue weighted by molar-refractivity contribution is -0.137. The SMILES string of the molecule is Cc1c(F)ccc(C(CN)CC(=O)O)c1F. The Kier molecular flexibility index (Phi) is 3.95. The molecule has 0 aromatic heterocycles. The van der Waals surface area contributed by atoms with Crippen molar-refractivity contribution in [3.63, 3.8) is 0 Å². The lowest BCUT2D eigenvalue weighted by Crippen LogP contribution is -2.18. The maximum absolute atomic E-state index is 13.7. The third-order valence-corrected chi connectivity index (χ3v) is 2.50. The van der Waals surface area contributed by atoms with Crippen molar-refractivity contribution in [3.05, 3.63) is 34.9 Å². The maximum Gasteiger partial charge on any atom is 0.304 e. The zero-order valence-electron chi connectivity index (χ0n) is 8.84. The van der Waals surface area contributed by atoms with E-state index in [-0.39, 0.29) is 24.1 Å². The van der Waals surface area contributed by atoms with E-state index < -0.39 is 23.5 Å². The van der Waals surface area contributed by atoms with Gasteiger partial charge in [-0.3, -0.25) is 4.79 Å². The van der Waals surface area contributed by atoms with Crippen molar-refractivity contribution in [2.24, 2.45) is 5.73 Å². The van der Waals surface area contributed by atoms with Crippen LogP contribution in [0.15, 0.2) is 12.1 Å². The van der Waals surface area contributed by atoms with Gasteiger partial charge in [0.25, 0.3) is 0 Å². The molecule has 3 N–H and O–H groups in total. The van der Waals surface area contributed by atoms with Crippen molar-refractivity contribution in [2.45, 2.75) is 19.3 Å². The molecule has 16 heavy (non-hydrogen) atoms. The molecule has 0 fully saturated rings. The highest BCUT2D eigenvalue weighted by Crippen LogP contribution is 2.25. The molecule has 1 unspecified atom stereocenters. The van der Waals surface area contributed by atoms with Gasteiger partial charge in [-0.05, 0) is 25.1 Å². The molecule has 5 heteroatoms. The van der Waals surface area contributed by atoms with Gasteiger partial charge in [-0.2, -0.15) is 0 Å². The maximum atomic E-state index is 13.7. The van der Waals surface area contributed by atoms with Gasteiger partial charge in [-0.25, -0.2) is 8.78 Å². The Morgan fingerprint density at radius 2 is 2.12 bits per heavy atom. The quantitative estimate of drug-likeness (QED) is 0.827. The van der Waals surface area contributed by atoms with Crippen LogP contribution < -0.4 is 5.73 Å². The number of carbonyl (C=O) groups is 1. The number of benzene rings is 1. The summed E-state index contributed by atoms with van der Waals surface area (Å²) in [5.41, 5.74) is 5.43. The molecule has 1 rings (SSSR count). The average molecular weight is 229 g/mol. The summed E-state index contributed by atoms with van der Waals surface area (Å²) in [5.74, 6) is -3.04. The fraction of sp³-hybridized carbons (Fsp3) is 0.364. The van der Waals surface area contributed by atoms with Gasteiger partial charge in [-0.1, -0.05) is 6.07 Å². The first-order chi connectivity index (χ1) is 7.47. The van der Waals surface area contributed by atoms with Crippen molar-refractivity contribution in [1.82, 2.24) is 0 Å². The third kappa shape index (κ3) is 2.55. The summed E-state index contributed by atoms with van der Waals surface area (Å²) >= 11 is 0. The van der Waals surface area contributed by atoms with Crippen molar-refractivity contribution in [2.75, 3.05) is 6.54 Å². The standard InChI is InChI=1S/C11H13F2NO2/c1-6-9(12)3-2-8(11(6)13)7(5-14)4-10(15)16/h2-3,7H,4-5,14H2,1H3,(H,15,16). The van der Waals surface area contributed by atoms with E-state index in [1.165, 1.54) is 13.0 Å². The topological polar surface area (TPSA) is 63.3 Å². The Hall–Kier alpha value is -1.49. The summed E-state index contributed by atoms with van der Waals surface area (Å²) in [6, 6.07) is 2.37. The summed E-state index contributed by atoms with van der Waals surface area (Å²) < 4.78 is 26.7. The highest BCUT2D eigenvalue weighted by atomic mass is 19.1. The molecule has 0 radical (unpaired) electrons. The van der Waals surface area contributed by atoms with Crippen molar-refractivity contribution in [1.29, 1.82) is 0 Å². The van der Waals surface area contributed by atoms with E-state index in [0.717, 1.165) is 6.07 Å². The smallest absolute Gasteiger partial charge is 0.304 e. The molecule has 0 heterocycles. The van der Waals surface area contributed by atoms with Crippen LogP contribution in [0.25, 0.3) is 0 Å². The molecule has 0 aliphatic rings. The van der Waals surface area contributed by atoms with Crippen LogP contribution in [0.1, 0.15) is 23.5 Å². The predicted molar refractivity (Wildman–Crippen MR) is 55.1 cm³/mol. The molecule has 1 aromatic rings. The van der Waals surface area contributed by atoms with Crippen molar-refractivity contribution in [3.8, 4) is 0 Å². The summed E-state index contributed by atoms with van der Waals surface area (Å²) in [6.45, 7) is 1.32. The Bertz CT molecular complexity index is 407. The van der Waals surface area contributed by atoms with E-state index in [4.69, 9.17) is 10.8 Å². The van der Waals surface area contributed by atoms with E-state index in [0.29, 0.717) is 0 Å². The third-order valence-electron chi connectivity index (χ3n) is 2.50. The van der Waals surface area contributed by atoms with Crippen LogP contribution in [-0.4, -0.2) is 17.6 Å². The van der Waals surface area contributed by atoms with E-state index >= 15 is 0 Å². The first-order valence-electron chi connectivity index (χ1n) is 4.83. The molecule has 0 aliphatic carbocycles. The molecule has 1 atom stereocenters. The lowest BCUT2D eigenvalue weighted by atomic mass is 9.93. The van der Waals surface area contributed by atoms with Gasteiger partial charge in [0, 0.05) is 11.5 Å². The van der Waals surface area contributed by atoms with Gasteiger partial charge in [-0.15, -0.1) is 0 Å². The molecule has 0 saturated carbocycles. The molecule has 1 aromatic carbocycles.